The third kappa shape index (κ3) is 6.42. The van der Waals surface area contributed by atoms with Crippen LogP contribution in [0.2, 0.25) is 0 Å². The zero-order chi connectivity index (χ0) is 33.4. The Balaban J connectivity index is 0.995. The van der Waals surface area contributed by atoms with Gasteiger partial charge in [-0.25, -0.2) is 27.5 Å². The standard InChI is InChI=1S/C31H33F3N10O4/c32-22-15-19(1-2-24(22)42-9-6-26(45)38-31(42)47)17-40-7-3-20(4-8-40)44-18-23(27(39-44)28(33)34)36-30(46)21-16-35-43-10-5-25(37-29(21)43)41-11-13-48-14-12-41/h1-2,5,10,15-16,18,20,28H,3-4,6-9,11-14,17H2,(H,36,46)(H,38,45,47). The number of ether oxygens (including phenoxy) is 1. The molecule has 3 saturated heterocycles. The second-order valence-corrected chi connectivity index (χ2v) is 11.9. The maximum absolute atomic E-state index is 15.0. The number of nitrogens with one attached hydrogen (secondary N) is 2. The molecule has 0 aliphatic carbocycles. The van der Waals surface area contributed by atoms with E-state index < -0.39 is 35.8 Å². The largest absolute Gasteiger partial charge is 0.378 e. The molecule has 17 heteroatoms. The number of piperidine rings is 1. The summed E-state index contributed by atoms with van der Waals surface area (Å²) in [5.41, 5.74) is 0.666. The monoisotopic (exact) mass is 666 g/mol. The van der Waals surface area contributed by atoms with Crippen LogP contribution in [0.3, 0.4) is 0 Å². The van der Waals surface area contributed by atoms with Crippen LogP contribution in [0.4, 0.5) is 35.2 Å². The van der Waals surface area contributed by atoms with Gasteiger partial charge >= 0.3 is 6.03 Å². The van der Waals surface area contributed by atoms with Crippen LogP contribution in [-0.2, 0) is 16.1 Å². The van der Waals surface area contributed by atoms with E-state index in [2.05, 4.69) is 30.7 Å². The quantitative estimate of drug-likeness (QED) is 0.290. The molecule has 4 aromatic rings. The average Bonchev–Trinajstić information content (AvgIpc) is 3.70. The Morgan fingerprint density at radius 1 is 1.08 bits per heavy atom. The van der Waals surface area contributed by atoms with E-state index in [1.807, 2.05) is 4.90 Å². The number of hydrogen-bond donors (Lipinski definition) is 2. The number of alkyl halides is 2. The number of fused-ring (bicyclic) bond motifs is 1. The fourth-order valence-electron chi connectivity index (χ4n) is 6.29. The van der Waals surface area contributed by atoms with Crippen LogP contribution in [0, 0.1) is 5.82 Å². The van der Waals surface area contributed by atoms with E-state index in [1.165, 1.54) is 38.6 Å². The first kappa shape index (κ1) is 31.6. The van der Waals surface area contributed by atoms with Gasteiger partial charge in [0.25, 0.3) is 12.3 Å². The molecule has 1 aromatic carbocycles. The summed E-state index contributed by atoms with van der Waals surface area (Å²) >= 11 is 0. The molecule has 2 N–H and O–H groups in total. The third-order valence-electron chi connectivity index (χ3n) is 8.84. The summed E-state index contributed by atoms with van der Waals surface area (Å²) in [7, 11) is 0. The van der Waals surface area contributed by atoms with Crippen LogP contribution >= 0.6 is 0 Å². The molecule has 4 amide bonds. The molecular formula is C31H33F3N10O4. The summed E-state index contributed by atoms with van der Waals surface area (Å²) < 4.78 is 51.5. The first-order valence-electron chi connectivity index (χ1n) is 15.7. The normalized spacial score (nSPS) is 18.2. The number of rotatable bonds is 8. The number of morpholine rings is 1. The van der Waals surface area contributed by atoms with Gasteiger partial charge in [-0.15, -0.1) is 0 Å². The minimum atomic E-state index is -2.91. The maximum Gasteiger partial charge on any atom is 0.328 e. The lowest BCUT2D eigenvalue weighted by Crippen LogP contribution is -2.49. The zero-order valence-corrected chi connectivity index (χ0v) is 25.8. The third-order valence-corrected chi connectivity index (χ3v) is 8.84. The molecule has 3 fully saturated rings. The lowest BCUT2D eigenvalue weighted by molar-refractivity contribution is -0.120. The molecule has 0 bridgehead atoms. The number of carbonyl (C=O) groups excluding carboxylic acids is 3. The number of anilines is 3. The summed E-state index contributed by atoms with van der Waals surface area (Å²) in [4.78, 5) is 46.9. The zero-order valence-electron chi connectivity index (χ0n) is 25.8. The minimum Gasteiger partial charge on any atom is -0.378 e. The number of hydrogen-bond acceptors (Lipinski definition) is 9. The lowest BCUT2D eigenvalue weighted by atomic mass is 10.0. The predicted octanol–water partition coefficient (Wildman–Crippen LogP) is 3.37. The highest BCUT2D eigenvalue weighted by Gasteiger charge is 2.29. The van der Waals surface area contributed by atoms with Crippen LogP contribution in [0.25, 0.3) is 5.65 Å². The Morgan fingerprint density at radius 2 is 1.88 bits per heavy atom. The van der Waals surface area contributed by atoms with Gasteiger partial charge in [-0.05, 0) is 36.6 Å². The Kier molecular flexibility index (Phi) is 8.70. The van der Waals surface area contributed by atoms with Gasteiger partial charge < -0.3 is 15.0 Å². The fourth-order valence-corrected chi connectivity index (χ4v) is 6.29. The van der Waals surface area contributed by atoms with Crippen molar-refractivity contribution in [3.63, 3.8) is 0 Å². The van der Waals surface area contributed by atoms with Crippen molar-refractivity contribution in [2.45, 2.75) is 38.3 Å². The number of urea groups is 1. The van der Waals surface area contributed by atoms with Crippen molar-refractivity contribution in [2.75, 3.05) is 61.1 Å². The Morgan fingerprint density at radius 3 is 2.60 bits per heavy atom. The Labute approximate surface area is 272 Å². The molecule has 0 atom stereocenters. The number of nitrogens with zero attached hydrogens (tertiary/aromatic N) is 8. The second-order valence-electron chi connectivity index (χ2n) is 11.9. The van der Waals surface area contributed by atoms with Gasteiger partial charge in [0, 0.05) is 58.1 Å². The van der Waals surface area contributed by atoms with Gasteiger partial charge in [-0.3, -0.25) is 29.4 Å². The molecule has 0 saturated carbocycles. The SMILES string of the molecule is O=C1CCN(c2ccc(CN3CCC(n4cc(NC(=O)c5cnn6ccc(N7CCOCC7)nc56)c(C(F)F)n4)CC3)cc2F)C(=O)N1. The number of amides is 4. The van der Waals surface area contributed by atoms with E-state index in [0.717, 1.165) is 0 Å². The number of likely N-dealkylation sites (tertiary alicyclic amines) is 1. The van der Waals surface area contributed by atoms with Gasteiger partial charge in [0.1, 0.15) is 17.2 Å². The van der Waals surface area contributed by atoms with E-state index >= 15 is 0 Å². The Hall–Kier alpha value is -5.03. The molecule has 252 valence electrons. The van der Waals surface area contributed by atoms with Crippen LogP contribution < -0.4 is 20.4 Å². The van der Waals surface area contributed by atoms with Crippen molar-refractivity contribution < 1.29 is 32.3 Å². The molecular weight excluding hydrogens is 633 g/mol. The maximum atomic E-state index is 15.0. The van der Waals surface area contributed by atoms with E-state index in [9.17, 15) is 27.6 Å². The average molecular weight is 667 g/mol. The van der Waals surface area contributed by atoms with Crippen molar-refractivity contribution in [1.29, 1.82) is 0 Å². The summed E-state index contributed by atoms with van der Waals surface area (Å²) in [5.74, 6) is -0.909. The summed E-state index contributed by atoms with van der Waals surface area (Å²) in [5, 5.41) is 13.2. The van der Waals surface area contributed by atoms with Crippen molar-refractivity contribution in [2.24, 2.45) is 0 Å². The highest BCUT2D eigenvalue weighted by atomic mass is 19.3. The molecule has 0 radical (unpaired) electrons. The van der Waals surface area contributed by atoms with Crippen LogP contribution in [0.5, 0.6) is 0 Å². The Bertz CT molecular complexity index is 1850. The van der Waals surface area contributed by atoms with Crippen molar-refractivity contribution in [1.82, 2.24) is 34.6 Å². The van der Waals surface area contributed by atoms with E-state index in [-0.39, 0.29) is 35.9 Å². The smallest absolute Gasteiger partial charge is 0.328 e. The molecule has 3 aliphatic heterocycles. The number of imide groups is 1. The van der Waals surface area contributed by atoms with Gasteiger partial charge in [-0.1, -0.05) is 6.07 Å². The number of carbonyl (C=O) groups is 3. The van der Waals surface area contributed by atoms with Crippen LogP contribution in [0.15, 0.2) is 42.9 Å². The van der Waals surface area contributed by atoms with E-state index in [0.29, 0.717) is 75.8 Å². The predicted molar refractivity (Wildman–Crippen MR) is 167 cm³/mol. The minimum absolute atomic E-state index is 0.0802. The van der Waals surface area contributed by atoms with Crippen LogP contribution in [-0.4, -0.2) is 93.1 Å². The highest BCUT2D eigenvalue weighted by Crippen LogP contribution is 2.31. The summed E-state index contributed by atoms with van der Waals surface area (Å²) in [6.07, 6.45) is 2.88. The molecule has 7 rings (SSSR count). The van der Waals surface area contributed by atoms with Crippen molar-refractivity contribution in [3.05, 3.63) is 65.5 Å². The number of aromatic nitrogens is 5. The van der Waals surface area contributed by atoms with Gasteiger partial charge in [-0.2, -0.15) is 10.2 Å². The summed E-state index contributed by atoms with van der Waals surface area (Å²) in [6, 6.07) is 5.62. The number of benzene rings is 1. The van der Waals surface area contributed by atoms with Crippen molar-refractivity contribution >= 4 is 40.7 Å². The van der Waals surface area contributed by atoms with Gasteiger partial charge in [0.15, 0.2) is 11.3 Å². The lowest BCUT2D eigenvalue weighted by Gasteiger charge is -2.32. The molecule has 3 aliphatic rings. The first-order valence-corrected chi connectivity index (χ1v) is 15.7. The van der Waals surface area contributed by atoms with Crippen molar-refractivity contribution in [3.8, 4) is 0 Å². The first-order chi connectivity index (χ1) is 23.2. The molecule has 3 aromatic heterocycles. The highest BCUT2D eigenvalue weighted by molar-refractivity contribution is 6.08. The molecule has 14 nitrogen and oxygen atoms in total. The summed E-state index contributed by atoms with van der Waals surface area (Å²) in [6.45, 7) is 4.23. The van der Waals surface area contributed by atoms with Gasteiger partial charge in [0.2, 0.25) is 5.91 Å². The van der Waals surface area contributed by atoms with Gasteiger partial charge in [0.05, 0.1) is 36.8 Å². The van der Waals surface area contributed by atoms with E-state index in [4.69, 9.17) is 4.74 Å². The topological polar surface area (TPSA) is 142 Å². The second kappa shape index (κ2) is 13.2. The molecule has 0 unspecified atom stereocenters. The fraction of sp³-hybridized carbons (Fsp3) is 0.419. The molecule has 0 spiro atoms. The van der Waals surface area contributed by atoms with E-state index in [1.54, 1.807) is 18.3 Å². The van der Waals surface area contributed by atoms with Crippen LogP contribution in [0.1, 0.15) is 53.3 Å². The number of halogens is 3. The molecule has 6 heterocycles. The molecule has 48 heavy (non-hydrogen) atoms.